The average Bonchev–Trinajstić information content (AvgIpc) is 2.85. The Hall–Kier alpha value is -4.28. The lowest BCUT2D eigenvalue weighted by Crippen LogP contribution is -2.20. The smallest absolute Gasteiger partial charge is 0.266 e. The highest BCUT2D eigenvalue weighted by molar-refractivity contribution is 6.31. The molecule has 3 aromatic rings. The molecule has 0 aromatic heterocycles. The van der Waals surface area contributed by atoms with E-state index in [1.165, 1.54) is 6.08 Å². The molecule has 0 aliphatic heterocycles. The van der Waals surface area contributed by atoms with Crippen molar-refractivity contribution in [3.8, 4) is 17.6 Å². The summed E-state index contributed by atoms with van der Waals surface area (Å²) in [6.45, 7) is 3.79. The molecule has 178 valence electrons. The fourth-order valence-electron chi connectivity index (χ4n) is 3.10. The number of ether oxygens (including phenoxy) is 2. The number of carbonyl (C=O) groups excluding carboxylic acids is 2. The minimum absolute atomic E-state index is 0.0947. The van der Waals surface area contributed by atoms with E-state index in [0.29, 0.717) is 40.1 Å². The highest BCUT2D eigenvalue weighted by Gasteiger charge is 2.13. The SMILES string of the molecule is CCOc1cc(/C=C(\C#N)C(=O)Nc2cc(Cl)ccc2C)ccc1OCC(=O)Nc1ccccc1. The second kappa shape index (κ2) is 12.3. The van der Waals surface area contributed by atoms with Gasteiger partial charge in [-0.05, 0) is 67.4 Å². The molecule has 8 heteroatoms. The van der Waals surface area contributed by atoms with Gasteiger partial charge in [-0.1, -0.05) is 41.9 Å². The molecule has 0 fully saturated rings. The van der Waals surface area contributed by atoms with E-state index < -0.39 is 5.91 Å². The molecular formula is C27H24ClN3O4. The van der Waals surface area contributed by atoms with Crippen LogP contribution in [0.1, 0.15) is 18.1 Å². The lowest BCUT2D eigenvalue weighted by atomic mass is 10.1. The zero-order valence-electron chi connectivity index (χ0n) is 19.3. The molecule has 0 heterocycles. The number of para-hydroxylation sites is 1. The first-order chi connectivity index (χ1) is 16.9. The molecule has 2 N–H and O–H groups in total. The van der Waals surface area contributed by atoms with Gasteiger partial charge in [-0.3, -0.25) is 9.59 Å². The number of nitrogens with zero attached hydrogens (tertiary/aromatic N) is 1. The zero-order chi connectivity index (χ0) is 25.2. The van der Waals surface area contributed by atoms with Gasteiger partial charge in [0.15, 0.2) is 18.1 Å². The number of carbonyl (C=O) groups is 2. The highest BCUT2D eigenvalue weighted by atomic mass is 35.5. The van der Waals surface area contributed by atoms with Crippen LogP contribution in [0.3, 0.4) is 0 Å². The van der Waals surface area contributed by atoms with Gasteiger partial charge in [0.25, 0.3) is 11.8 Å². The van der Waals surface area contributed by atoms with Crippen LogP contribution in [-0.2, 0) is 9.59 Å². The van der Waals surface area contributed by atoms with E-state index in [4.69, 9.17) is 21.1 Å². The van der Waals surface area contributed by atoms with Crippen LogP contribution in [0.2, 0.25) is 5.02 Å². The van der Waals surface area contributed by atoms with Gasteiger partial charge in [-0.25, -0.2) is 0 Å². The van der Waals surface area contributed by atoms with Crippen molar-refractivity contribution < 1.29 is 19.1 Å². The van der Waals surface area contributed by atoms with E-state index in [2.05, 4.69) is 10.6 Å². The summed E-state index contributed by atoms with van der Waals surface area (Å²) in [5.41, 5.74) is 2.47. The molecule has 0 spiro atoms. The van der Waals surface area contributed by atoms with E-state index in [1.54, 1.807) is 48.5 Å². The number of benzene rings is 3. The van der Waals surface area contributed by atoms with E-state index in [1.807, 2.05) is 38.1 Å². The van der Waals surface area contributed by atoms with Gasteiger partial charge < -0.3 is 20.1 Å². The summed E-state index contributed by atoms with van der Waals surface area (Å²) in [7, 11) is 0. The third-order valence-electron chi connectivity index (χ3n) is 4.81. The largest absolute Gasteiger partial charge is 0.490 e. The van der Waals surface area contributed by atoms with Gasteiger partial charge >= 0.3 is 0 Å². The van der Waals surface area contributed by atoms with Gasteiger partial charge in [0, 0.05) is 16.4 Å². The molecule has 0 unspecified atom stereocenters. The van der Waals surface area contributed by atoms with Crippen molar-refractivity contribution in [1.82, 2.24) is 0 Å². The monoisotopic (exact) mass is 489 g/mol. The maximum Gasteiger partial charge on any atom is 0.266 e. The zero-order valence-corrected chi connectivity index (χ0v) is 20.1. The Morgan fingerprint density at radius 1 is 1.00 bits per heavy atom. The van der Waals surface area contributed by atoms with Crippen LogP contribution in [0.5, 0.6) is 11.5 Å². The number of rotatable bonds is 9. The fraction of sp³-hybridized carbons (Fsp3) is 0.148. The minimum Gasteiger partial charge on any atom is -0.490 e. The van der Waals surface area contributed by atoms with Crippen molar-refractivity contribution in [1.29, 1.82) is 5.26 Å². The van der Waals surface area contributed by atoms with Crippen LogP contribution in [0.4, 0.5) is 11.4 Å². The summed E-state index contributed by atoms with van der Waals surface area (Å²) in [4.78, 5) is 24.9. The molecule has 0 bridgehead atoms. The number of anilines is 2. The molecule has 0 aliphatic carbocycles. The van der Waals surface area contributed by atoms with Gasteiger partial charge in [0.2, 0.25) is 0 Å². The number of aryl methyl sites for hydroxylation is 1. The second-order valence-electron chi connectivity index (χ2n) is 7.43. The van der Waals surface area contributed by atoms with E-state index >= 15 is 0 Å². The molecule has 3 aromatic carbocycles. The van der Waals surface area contributed by atoms with Crippen LogP contribution in [-0.4, -0.2) is 25.0 Å². The number of hydrogen-bond donors (Lipinski definition) is 2. The van der Waals surface area contributed by atoms with E-state index in [0.717, 1.165) is 5.56 Å². The van der Waals surface area contributed by atoms with Crippen LogP contribution in [0, 0.1) is 18.3 Å². The third kappa shape index (κ3) is 7.36. The Labute approximate surface area is 208 Å². The number of halogens is 1. The van der Waals surface area contributed by atoms with Gasteiger partial charge in [0.1, 0.15) is 11.6 Å². The van der Waals surface area contributed by atoms with Crippen molar-refractivity contribution in [2.45, 2.75) is 13.8 Å². The van der Waals surface area contributed by atoms with E-state index in [9.17, 15) is 14.9 Å². The standard InChI is InChI=1S/C27H24ClN3O4/c1-3-34-25-14-19(10-12-24(25)35-17-26(32)30-22-7-5-4-6-8-22)13-20(16-29)27(33)31-23-15-21(28)11-9-18(23)2/h4-15H,3,17H2,1-2H3,(H,30,32)(H,31,33)/b20-13+. The predicted molar refractivity (Wildman–Crippen MR) is 137 cm³/mol. The Balaban J connectivity index is 1.73. The number of nitrogens with one attached hydrogen (secondary N) is 2. The summed E-state index contributed by atoms with van der Waals surface area (Å²) >= 11 is 6.01. The maximum absolute atomic E-state index is 12.7. The lowest BCUT2D eigenvalue weighted by Gasteiger charge is -2.13. The van der Waals surface area contributed by atoms with E-state index in [-0.39, 0.29) is 18.1 Å². The third-order valence-corrected chi connectivity index (χ3v) is 5.04. The molecule has 3 rings (SSSR count). The van der Waals surface area contributed by atoms with Crippen molar-refractivity contribution in [3.05, 3.63) is 88.5 Å². The van der Waals surface area contributed by atoms with Crippen LogP contribution in [0.25, 0.3) is 6.08 Å². The number of hydrogen-bond acceptors (Lipinski definition) is 5. The fourth-order valence-corrected chi connectivity index (χ4v) is 3.27. The van der Waals surface area contributed by atoms with Crippen molar-refractivity contribution in [2.75, 3.05) is 23.8 Å². The number of amides is 2. The Morgan fingerprint density at radius 2 is 1.77 bits per heavy atom. The quantitative estimate of drug-likeness (QED) is 0.300. The Bertz CT molecular complexity index is 1280. The summed E-state index contributed by atoms with van der Waals surface area (Å²) < 4.78 is 11.3. The van der Waals surface area contributed by atoms with Crippen molar-refractivity contribution in [3.63, 3.8) is 0 Å². The molecule has 0 aliphatic rings. The molecular weight excluding hydrogens is 466 g/mol. The summed E-state index contributed by atoms with van der Waals surface area (Å²) in [6, 6.07) is 21.0. The first kappa shape index (κ1) is 25.3. The highest BCUT2D eigenvalue weighted by Crippen LogP contribution is 2.30. The summed E-state index contributed by atoms with van der Waals surface area (Å²) in [5.74, 6) is -0.127. The number of nitriles is 1. The molecule has 0 saturated heterocycles. The molecule has 2 amide bonds. The summed E-state index contributed by atoms with van der Waals surface area (Å²) in [6.07, 6.45) is 1.45. The Kier molecular flexibility index (Phi) is 8.88. The predicted octanol–water partition coefficient (Wildman–Crippen LogP) is 5.61. The molecule has 0 saturated carbocycles. The van der Waals surface area contributed by atoms with Gasteiger partial charge in [0.05, 0.1) is 6.61 Å². The summed E-state index contributed by atoms with van der Waals surface area (Å²) in [5, 5.41) is 15.5. The first-order valence-electron chi connectivity index (χ1n) is 10.8. The topological polar surface area (TPSA) is 100 Å². The average molecular weight is 490 g/mol. The molecule has 0 radical (unpaired) electrons. The van der Waals surface area contributed by atoms with Gasteiger partial charge in [-0.2, -0.15) is 5.26 Å². The van der Waals surface area contributed by atoms with Crippen LogP contribution < -0.4 is 20.1 Å². The van der Waals surface area contributed by atoms with Crippen LogP contribution >= 0.6 is 11.6 Å². The van der Waals surface area contributed by atoms with Crippen molar-refractivity contribution >= 4 is 40.9 Å². The first-order valence-corrected chi connectivity index (χ1v) is 11.2. The molecule has 7 nitrogen and oxygen atoms in total. The van der Waals surface area contributed by atoms with Crippen LogP contribution in [0.15, 0.2) is 72.3 Å². The Morgan fingerprint density at radius 3 is 2.49 bits per heavy atom. The normalized spacial score (nSPS) is 10.7. The lowest BCUT2D eigenvalue weighted by molar-refractivity contribution is -0.118. The second-order valence-corrected chi connectivity index (χ2v) is 7.86. The molecule has 0 atom stereocenters. The molecule has 35 heavy (non-hydrogen) atoms. The minimum atomic E-state index is -0.561. The van der Waals surface area contributed by atoms with Crippen molar-refractivity contribution in [2.24, 2.45) is 0 Å². The maximum atomic E-state index is 12.7. The van der Waals surface area contributed by atoms with Gasteiger partial charge in [-0.15, -0.1) is 0 Å².